The number of benzene rings is 1. The number of hydrogen-bond acceptors (Lipinski definition) is 6. The van der Waals surface area contributed by atoms with Gasteiger partial charge in [-0.05, 0) is 19.1 Å². The highest BCUT2D eigenvalue weighted by atomic mass is 32.2. The van der Waals surface area contributed by atoms with E-state index >= 15 is 0 Å². The second-order valence-corrected chi connectivity index (χ2v) is 6.62. The summed E-state index contributed by atoms with van der Waals surface area (Å²) in [7, 11) is -3.50. The number of rotatable bonds is 7. The molecule has 0 aliphatic carbocycles. The SMILES string of the molecule is CCNC(=O)CCc1nc(CS(=O)(=O)c2ccccc2)no1. The molecule has 0 aliphatic heterocycles. The zero-order valence-corrected chi connectivity index (χ0v) is 13.0. The van der Waals surface area contributed by atoms with Gasteiger partial charge in [0.1, 0.15) is 5.75 Å². The van der Waals surface area contributed by atoms with Gasteiger partial charge >= 0.3 is 0 Å². The fourth-order valence-electron chi connectivity index (χ4n) is 1.84. The van der Waals surface area contributed by atoms with E-state index < -0.39 is 9.84 Å². The molecule has 1 aromatic heterocycles. The number of sulfone groups is 1. The highest BCUT2D eigenvalue weighted by Gasteiger charge is 2.19. The molecular weight excluding hydrogens is 306 g/mol. The molecule has 1 N–H and O–H groups in total. The molecule has 2 aromatic rings. The molecule has 0 atom stereocenters. The second-order valence-electron chi connectivity index (χ2n) is 4.63. The van der Waals surface area contributed by atoms with E-state index in [0.717, 1.165) is 0 Å². The third-order valence-corrected chi connectivity index (χ3v) is 4.50. The maximum Gasteiger partial charge on any atom is 0.227 e. The van der Waals surface area contributed by atoms with Crippen LogP contribution in [0.3, 0.4) is 0 Å². The molecule has 8 heteroatoms. The number of nitrogens with one attached hydrogen (secondary N) is 1. The molecule has 7 nitrogen and oxygen atoms in total. The number of aryl methyl sites for hydroxylation is 1. The first-order valence-electron chi connectivity index (χ1n) is 6.87. The van der Waals surface area contributed by atoms with Gasteiger partial charge in [-0.15, -0.1) is 0 Å². The summed E-state index contributed by atoms with van der Waals surface area (Å²) in [5.41, 5.74) is 0. The van der Waals surface area contributed by atoms with Crippen LogP contribution in [0.1, 0.15) is 25.1 Å². The van der Waals surface area contributed by atoms with Gasteiger partial charge in [-0.25, -0.2) is 8.42 Å². The van der Waals surface area contributed by atoms with Crippen LogP contribution in [0.4, 0.5) is 0 Å². The van der Waals surface area contributed by atoms with Gasteiger partial charge in [-0.1, -0.05) is 23.4 Å². The largest absolute Gasteiger partial charge is 0.356 e. The van der Waals surface area contributed by atoms with E-state index in [4.69, 9.17) is 4.52 Å². The Morgan fingerprint density at radius 1 is 1.27 bits per heavy atom. The normalized spacial score (nSPS) is 11.3. The Kier molecular flexibility index (Phi) is 5.26. The van der Waals surface area contributed by atoms with Gasteiger partial charge in [0.15, 0.2) is 15.7 Å². The Bertz CT molecular complexity index is 726. The molecule has 0 saturated carbocycles. The van der Waals surface area contributed by atoms with Crippen LogP contribution in [0.25, 0.3) is 0 Å². The van der Waals surface area contributed by atoms with Crippen LogP contribution in [0.5, 0.6) is 0 Å². The third kappa shape index (κ3) is 4.39. The van der Waals surface area contributed by atoms with Crippen LogP contribution in [-0.2, 0) is 26.8 Å². The Hall–Kier alpha value is -2.22. The first-order chi connectivity index (χ1) is 10.5. The van der Waals surface area contributed by atoms with E-state index in [0.29, 0.717) is 6.54 Å². The molecule has 0 unspecified atom stereocenters. The van der Waals surface area contributed by atoms with Gasteiger partial charge in [0.25, 0.3) is 0 Å². The Morgan fingerprint density at radius 2 is 2.00 bits per heavy atom. The molecule has 118 valence electrons. The van der Waals surface area contributed by atoms with Gasteiger partial charge in [0, 0.05) is 19.4 Å². The van der Waals surface area contributed by atoms with E-state index in [9.17, 15) is 13.2 Å². The summed E-state index contributed by atoms with van der Waals surface area (Å²) < 4.78 is 29.3. The van der Waals surface area contributed by atoms with Crippen LogP contribution < -0.4 is 5.32 Å². The first kappa shape index (κ1) is 16.2. The number of amides is 1. The van der Waals surface area contributed by atoms with Gasteiger partial charge in [0.2, 0.25) is 11.8 Å². The molecule has 1 amide bonds. The lowest BCUT2D eigenvalue weighted by Crippen LogP contribution is -2.22. The Balaban J connectivity index is 1.99. The monoisotopic (exact) mass is 323 g/mol. The predicted octanol–water partition coefficient (Wildman–Crippen LogP) is 1.11. The molecule has 0 radical (unpaired) electrons. The maximum atomic E-state index is 12.2. The Labute approximate surface area is 128 Å². The molecule has 1 aromatic carbocycles. The van der Waals surface area contributed by atoms with Gasteiger partial charge in [0.05, 0.1) is 4.90 Å². The average Bonchev–Trinajstić information content (AvgIpc) is 2.93. The highest BCUT2D eigenvalue weighted by Crippen LogP contribution is 2.14. The van der Waals surface area contributed by atoms with E-state index in [1.165, 1.54) is 12.1 Å². The van der Waals surface area contributed by atoms with E-state index in [2.05, 4.69) is 15.5 Å². The predicted molar refractivity (Wildman–Crippen MR) is 78.6 cm³/mol. The summed E-state index contributed by atoms with van der Waals surface area (Å²) in [4.78, 5) is 15.6. The van der Waals surface area contributed by atoms with Crippen molar-refractivity contribution < 1.29 is 17.7 Å². The van der Waals surface area contributed by atoms with Gasteiger partial charge in [-0.3, -0.25) is 4.79 Å². The standard InChI is InChI=1S/C14H17N3O4S/c1-2-15-13(18)8-9-14-16-12(17-21-14)10-22(19,20)11-6-4-3-5-7-11/h3-7H,2,8-10H2,1H3,(H,15,18). The minimum absolute atomic E-state index is 0.0924. The average molecular weight is 323 g/mol. The summed E-state index contributed by atoms with van der Waals surface area (Å²) in [5, 5.41) is 6.31. The quantitative estimate of drug-likeness (QED) is 0.819. The van der Waals surface area contributed by atoms with Gasteiger partial charge in [-0.2, -0.15) is 4.98 Å². The lowest BCUT2D eigenvalue weighted by Gasteiger charge is -2.00. The lowest BCUT2D eigenvalue weighted by molar-refractivity contribution is -0.121. The Morgan fingerprint density at radius 3 is 2.68 bits per heavy atom. The summed E-state index contributed by atoms with van der Waals surface area (Å²) in [6.45, 7) is 2.39. The molecule has 22 heavy (non-hydrogen) atoms. The molecular formula is C14H17N3O4S. The zero-order chi connectivity index (χ0) is 16.0. The van der Waals surface area contributed by atoms with E-state index in [1.54, 1.807) is 18.2 Å². The molecule has 0 spiro atoms. The van der Waals surface area contributed by atoms with Crippen molar-refractivity contribution in [3.8, 4) is 0 Å². The van der Waals surface area contributed by atoms with Crippen LogP contribution in [0.2, 0.25) is 0 Å². The summed E-state index contributed by atoms with van der Waals surface area (Å²) >= 11 is 0. The van der Waals surface area contributed by atoms with Crippen LogP contribution >= 0.6 is 0 Å². The minimum atomic E-state index is -3.50. The van der Waals surface area contributed by atoms with Crippen LogP contribution in [0, 0.1) is 0 Å². The van der Waals surface area contributed by atoms with Crippen LogP contribution in [-0.4, -0.2) is 31.0 Å². The number of carbonyl (C=O) groups excluding carboxylic acids is 1. The molecule has 0 fully saturated rings. The maximum absolute atomic E-state index is 12.2. The topological polar surface area (TPSA) is 102 Å². The molecule has 0 aliphatic rings. The van der Waals surface area contributed by atoms with Crippen molar-refractivity contribution in [3.05, 3.63) is 42.0 Å². The number of hydrogen-bond donors (Lipinski definition) is 1. The summed E-state index contributed by atoms with van der Waals surface area (Å²) in [6, 6.07) is 8.09. The fraction of sp³-hybridized carbons (Fsp3) is 0.357. The van der Waals surface area contributed by atoms with E-state index in [-0.39, 0.29) is 41.1 Å². The molecule has 0 saturated heterocycles. The number of aromatic nitrogens is 2. The number of carbonyl (C=O) groups is 1. The third-order valence-electron chi connectivity index (χ3n) is 2.87. The minimum Gasteiger partial charge on any atom is -0.356 e. The molecule has 0 bridgehead atoms. The number of nitrogens with zero attached hydrogens (tertiary/aromatic N) is 2. The van der Waals surface area contributed by atoms with Crippen molar-refractivity contribution in [1.29, 1.82) is 0 Å². The smallest absolute Gasteiger partial charge is 0.227 e. The summed E-state index contributed by atoms with van der Waals surface area (Å²) in [5.74, 6) is -0.0970. The highest BCUT2D eigenvalue weighted by molar-refractivity contribution is 7.90. The molecule has 2 rings (SSSR count). The summed E-state index contributed by atoms with van der Waals surface area (Å²) in [6.07, 6.45) is 0.505. The van der Waals surface area contributed by atoms with Crippen molar-refractivity contribution in [2.45, 2.75) is 30.4 Å². The van der Waals surface area contributed by atoms with Crippen LogP contribution in [0.15, 0.2) is 39.8 Å². The van der Waals surface area contributed by atoms with Crippen molar-refractivity contribution in [1.82, 2.24) is 15.5 Å². The zero-order valence-electron chi connectivity index (χ0n) is 12.2. The van der Waals surface area contributed by atoms with Crippen molar-refractivity contribution in [2.24, 2.45) is 0 Å². The molecule has 1 heterocycles. The second kappa shape index (κ2) is 7.17. The van der Waals surface area contributed by atoms with Crippen molar-refractivity contribution >= 4 is 15.7 Å². The first-order valence-corrected chi connectivity index (χ1v) is 8.52. The van der Waals surface area contributed by atoms with E-state index in [1.807, 2.05) is 6.92 Å². The van der Waals surface area contributed by atoms with Crippen molar-refractivity contribution in [2.75, 3.05) is 6.54 Å². The van der Waals surface area contributed by atoms with Crippen molar-refractivity contribution in [3.63, 3.8) is 0 Å². The fourth-order valence-corrected chi connectivity index (χ4v) is 3.03. The lowest BCUT2D eigenvalue weighted by atomic mass is 10.3. The van der Waals surface area contributed by atoms with Gasteiger partial charge < -0.3 is 9.84 Å².